The van der Waals surface area contributed by atoms with Crippen LogP contribution in [0.25, 0.3) is 11.1 Å². The van der Waals surface area contributed by atoms with Crippen LogP contribution in [0.2, 0.25) is 5.02 Å². The molecule has 5 rings (SSSR count). The number of fused-ring (bicyclic) bond motifs is 3. The van der Waals surface area contributed by atoms with Crippen molar-refractivity contribution >= 4 is 34.2 Å². The fourth-order valence-corrected chi connectivity index (χ4v) is 4.91. The first-order valence-corrected chi connectivity index (χ1v) is 10.4. The minimum atomic E-state index is -0.331. The van der Waals surface area contributed by atoms with Gasteiger partial charge in [-0.2, -0.15) is 0 Å². The van der Waals surface area contributed by atoms with E-state index in [1.165, 1.54) is 37.0 Å². The predicted octanol–water partition coefficient (Wildman–Crippen LogP) is 7.31. The van der Waals surface area contributed by atoms with E-state index in [0.717, 1.165) is 5.02 Å². The molecule has 0 aliphatic heterocycles. The Morgan fingerprint density at radius 3 is 1.52 bits per heavy atom. The molecule has 2 heteroatoms. The maximum Gasteiger partial charge on any atom is 0.0713 e. The van der Waals surface area contributed by atoms with Gasteiger partial charge in [0.2, 0.25) is 0 Å². The van der Waals surface area contributed by atoms with Gasteiger partial charge in [-0.05, 0) is 80.2 Å². The number of hydrogen-bond donors (Lipinski definition) is 0. The van der Waals surface area contributed by atoms with Gasteiger partial charge in [0.05, 0.1) is 5.41 Å². The molecule has 0 aromatic heterocycles. The van der Waals surface area contributed by atoms with Gasteiger partial charge in [-0.25, -0.2) is 0 Å². The van der Waals surface area contributed by atoms with Crippen LogP contribution in [-0.4, -0.2) is 0 Å². The highest BCUT2D eigenvalue weighted by atomic mass is 127. The molecule has 0 bridgehead atoms. The normalized spacial score (nSPS) is 13.9. The molecule has 0 nitrogen and oxygen atoms in total. The van der Waals surface area contributed by atoms with Crippen LogP contribution in [0.15, 0.2) is 97.1 Å². The number of benzene rings is 4. The fraction of sp³-hybridized carbons (Fsp3) is 0.0400. The van der Waals surface area contributed by atoms with E-state index >= 15 is 0 Å². The summed E-state index contributed by atoms with van der Waals surface area (Å²) in [4.78, 5) is 0. The molecule has 130 valence electrons. The molecule has 0 N–H and O–H groups in total. The van der Waals surface area contributed by atoms with Gasteiger partial charge in [0.1, 0.15) is 0 Å². The Balaban J connectivity index is 1.94. The van der Waals surface area contributed by atoms with Gasteiger partial charge in [-0.3, -0.25) is 0 Å². The Morgan fingerprint density at radius 2 is 1.00 bits per heavy atom. The van der Waals surface area contributed by atoms with E-state index in [1.807, 2.05) is 12.1 Å². The molecule has 0 amide bonds. The summed E-state index contributed by atoms with van der Waals surface area (Å²) in [6.45, 7) is 0. The lowest BCUT2D eigenvalue weighted by atomic mass is 9.68. The molecule has 4 aromatic carbocycles. The van der Waals surface area contributed by atoms with E-state index in [4.69, 9.17) is 11.6 Å². The van der Waals surface area contributed by atoms with Crippen LogP contribution in [0.3, 0.4) is 0 Å². The summed E-state index contributed by atoms with van der Waals surface area (Å²) in [7, 11) is 0. The van der Waals surface area contributed by atoms with Crippen molar-refractivity contribution in [2.24, 2.45) is 0 Å². The van der Waals surface area contributed by atoms with Gasteiger partial charge in [-0.1, -0.05) is 84.4 Å². The standard InChI is InChI=1S/C25H16ClI/c26-19-13-9-17(10-14-19)25(18-11-15-20(27)16-12-18)23-7-3-1-5-21(23)22-6-2-4-8-24(22)25/h1-16H. The molecule has 1 aliphatic carbocycles. The minimum absolute atomic E-state index is 0.331. The second kappa shape index (κ2) is 6.50. The lowest BCUT2D eigenvalue weighted by molar-refractivity contribution is 0.768. The monoisotopic (exact) mass is 478 g/mol. The van der Waals surface area contributed by atoms with Gasteiger partial charge in [-0.15, -0.1) is 0 Å². The smallest absolute Gasteiger partial charge is 0.0713 e. The van der Waals surface area contributed by atoms with Crippen molar-refractivity contribution in [3.05, 3.63) is 128 Å². The van der Waals surface area contributed by atoms with Crippen molar-refractivity contribution in [3.8, 4) is 11.1 Å². The van der Waals surface area contributed by atoms with Gasteiger partial charge >= 0.3 is 0 Å². The van der Waals surface area contributed by atoms with Crippen LogP contribution < -0.4 is 0 Å². The lowest BCUT2D eigenvalue weighted by Crippen LogP contribution is -2.28. The van der Waals surface area contributed by atoms with Gasteiger partial charge in [0.15, 0.2) is 0 Å². The summed E-state index contributed by atoms with van der Waals surface area (Å²) in [5.74, 6) is 0. The van der Waals surface area contributed by atoms with E-state index in [1.54, 1.807) is 0 Å². The summed E-state index contributed by atoms with van der Waals surface area (Å²) < 4.78 is 1.24. The first kappa shape index (κ1) is 17.0. The molecule has 0 saturated carbocycles. The average molecular weight is 479 g/mol. The highest BCUT2D eigenvalue weighted by molar-refractivity contribution is 14.1. The third kappa shape index (κ3) is 2.49. The van der Waals surface area contributed by atoms with E-state index in [2.05, 4.69) is 108 Å². The van der Waals surface area contributed by atoms with Crippen LogP contribution in [0, 0.1) is 3.57 Å². The Kier molecular flexibility index (Phi) is 4.10. The lowest BCUT2D eigenvalue weighted by Gasteiger charge is -2.34. The summed E-state index contributed by atoms with van der Waals surface area (Å²) in [6.07, 6.45) is 0. The Hall–Kier alpha value is -2.10. The first-order valence-electron chi connectivity index (χ1n) is 8.93. The molecule has 1 aliphatic rings. The second-order valence-corrected chi connectivity index (χ2v) is 8.54. The molecule has 0 saturated heterocycles. The van der Waals surface area contributed by atoms with Crippen molar-refractivity contribution in [1.29, 1.82) is 0 Å². The molecule has 0 radical (unpaired) electrons. The van der Waals surface area contributed by atoms with Crippen LogP contribution in [0.1, 0.15) is 22.3 Å². The number of halogens is 2. The summed E-state index contributed by atoms with van der Waals surface area (Å²) in [6, 6.07) is 34.8. The zero-order valence-electron chi connectivity index (χ0n) is 14.5. The molecule has 4 aromatic rings. The quantitative estimate of drug-likeness (QED) is 0.233. The minimum Gasteiger partial charge on any atom is -0.0843 e. The third-order valence-electron chi connectivity index (χ3n) is 5.51. The predicted molar refractivity (Wildman–Crippen MR) is 121 cm³/mol. The topological polar surface area (TPSA) is 0 Å². The third-order valence-corrected chi connectivity index (χ3v) is 6.48. The zero-order valence-corrected chi connectivity index (χ0v) is 17.4. The maximum absolute atomic E-state index is 6.23. The SMILES string of the molecule is Clc1ccc(C2(c3ccc(I)cc3)c3ccccc3-c3ccccc32)cc1. The van der Waals surface area contributed by atoms with E-state index in [9.17, 15) is 0 Å². The van der Waals surface area contributed by atoms with Gasteiger partial charge in [0.25, 0.3) is 0 Å². The van der Waals surface area contributed by atoms with E-state index in [-0.39, 0.29) is 5.41 Å². The van der Waals surface area contributed by atoms with Crippen LogP contribution in [-0.2, 0) is 5.41 Å². The number of hydrogen-bond acceptors (Lipinski definition) is 0. The highest BCUT2D eigenvalue weighted by Gasteiger charge is 2.45. The van der Waals surface area contributed by atoms with Gasteiger partial charge in [0, 0.05) is 8.59 Å². The molecule has 0 atom stereocenters. The molecule has 0 unspecified atom stereocenters. The van der Waals surface area contributed by atoms with Crippen molar-refractivity contribution in [2.75, 3.05) is 0 Å². The summed E-state index contributed by atoms with van der Waals surface area (Å²) in [5.41, 5.74) is 7.46. The summed E-state index contributed by atoms with van der Waals surface area (Å²) in [5, 5.41) is 0.760. The fourth-order valence-electron chi connectivity index (χ4n) is 4.42. The second-order valence-electron chi connectivity index (χ2n) is 6.85. The van der Waals surface area contributed by atoms with Crippen LogP contribution in [0.4, 0.5) is 0 Å². The maximum atomic E-state index is 6.23. The molecule has 0 spiro atoms. The first-order chi connectivity index (χ1) is 13.2. The average Bonchev–Trinajstić information content (AvgIpc) is 3.01. The zero-order chi connectivity index (χ0) is 18.4. The van der Waals surface area contributed by atoms with Crippen molar-refractivity contribution in [3.63, 3.8) is 0 Å². The Morgan fingerprint density at radius 1 is 0.556 bits per heavy atom. The van der Waals surface area contributed by atoms with E-state index < -0.39 is 0 Å². The number of rotatable bonds is 2. The molecular weight excluding hydrogens is 463 g/mol. The molecule has 27 heavy (non-hydrogen) atoms. The Labute approximate surface area is 178 Å². The van der Waals surface area contributed by atoms with Crippen molar-refractivity contribution in [1.82, 2.24) is 0 Å². The van der Waals surface area contributed by atoms with E-state index in [0.29, 0.717) is 0 Å². The highest BCUT2D eigenvalue weighted by Crippen LogP contribution is 2.55. The van der Waals surface area contributed by atoms with Gasteiger partial charge < -0.3 is 0 Å². The summed E-state index contributed by atoms with van der Waals surface area (Å²) >= 11 is 8.60. The van der Waals surface area contributed by atoms with Crippen molar-refractivity contribution in [2.45, 2.75) is 5.41 Å². The molecule has 0 fully saturated rings. The van der Waals surface area contributed by atoms with Crippen molar-refractivity contribution < 1.29 is 0 Å². The molecular formula is C25H16ClI. The molecule has 0 heterocycles. The van der Waals surface area contributed by atoms with Crippen LogP contribution >= 0.6 is 34.2 Å². The largest absolute Gasteiger partial charge is 0.0843 e. The van der Waals surface area contributed by atoms with Crippen LogP contribution in [0.5, 0.6) is 0 Å². The Bertz CT molecular complexity index is 1030.